The van der Waals surface area contributed by atoms with Gasteiger partial charge in [0.25, 0.3) is 0 Å². The highest BCUT2D eigenvalue weighted by Gasteiger charge is 2.34. The molecule has 112 valence electrons. The Labute approximate surface area is 123 Å². The number of hydrazone groups is 1. The SMILES string of the molecule is C/C(=N\NC(=O)C1CC(=O)N(Cc2ccco2)C1)C1CC1. The van der Waals surface area contributed by atoms with E-state index in [1.807, 2.05) is 13.0 Å². The van der Waals surface area contributed by atoms with Crippen LogP contribution in [0.3, 0.4) is 0 Å². The summed E-state index contributed by atoms with van der Waals surface area (Å²) in [5, 5.41) is 4.13. The Bertz CT molecular complexity index is 561. The van der Waals surface area contributed by atoms with Crippen LogP contribution in [-0.2, 0) is 16.1 Å². The van der Waals surface area contributed by atoms with Crippen LogP contribution in [-0.4, -0.2) is 29.0 Å². The Morgan fingerprint density at radius 3 is 2.95 bits per heavy atom. The van der Waals surface area contributed by atoms with E-state index >= 15 is 0 Å². The molecular weight excluding hydrogens is 270 g/mol. The van der Waals surface area contributed by atoms with Crippen LogP contribution in [0.25, 0.3) is 0 Å². The topological polar surface area (TPSA) is 74.9 Å². The van der Waals surface area contributed by atoms with Crippen LogP contribution in [0.1, 0.15) is 31.9 Å². The molecule has 2 amide bonds. The lowest BCUT2D eigenvalue weighted by Crippen LogP contribution is -2.30. The number of hydrogen-bond donors (Lipinski definition) is 1. The van der Waals surface area contributed by atoms with E-state index < -0.39 is 0 Å². The standard InChI is InChI=1S/C15H19N3O3/c1-10(11-4-5-11)16-17-15(20)12-7-14(19)18(8-12)9-13-3-2-6-21-13/h2-3,6,11-12H,4-5,7-9H2,1H3,(H,17,20)/b16-10+. The molecule has 0 radical (unpaired) electrons. The maximum absolute atomic E-state index is 12.1. The van der Waals surface area contributed by atoms with Crippen molar-refractivity contribution in [2.45, 2.75) is 32.7 Å². The molecule has 2 aliphatic rings. The van der Waals surface area contributed by atoms with Crippen LogP contribution in [0, 0.1) is 11.8 Å². The van der Waals surface area contributed by atoms with Gasteiger partial charge in [-0.1, -0.05) is 0 Å². The second kappa shape index (κ2) is 5.71. The lowest BCUT2D eigenvalue weighted by molar-refractivity contribution is -0.129. The zero-order valence-corrected chi connectivity index (χ0v) is 12.0. The molecule has 0 spiro atoms. The average Bonchev–Trinajstić information content (AvgIpc) is 3.09. The van der Waals surface area contributed by atoms with Crippen molar-refractivity contribution in [2.24, 2.45) is 16.9 Å². The van der Waals surface area contributed by atoms with Gasteiger partial charge in [0.1, 0.15) is 5.76 Å². The van der Waals surface area contributed by atoms with Crippen LogP contribution in [0.15, 0.2) is 27.9 Å². The maximum atomic E-state index is 12.1. The molecular formula is C15H19N3O3. The molecule has 1 unspecified atom stereocenters. The first-order chi connectivity index (χ1) is 10.1. The van der Waals surface area contributed by atoms with Crippen molar-refractivity contribution in [3.05, 3.63) is 24.2 Å². The molecule has 21 heavy (non-hydrogen) atoms. The first kappa shape index (κ1) is 13.9. The molecule has 1 aliphatic carbocycles. The number of hydrogen-bond acceptors (Lipinski definition) is 4. The minimum atomic E-state index is -0.330. The van der Waals surface area contributed by atoms with E-state index in [0.717, 1.165) is 24.3 Å². The molecule has 1 atom stereocenters. The summed E-state index contributed by atoms with van der Waals surface area (Å²) in [4.78, 5) is 25.7. The first-order valence-corrected chi connectivity index (χ1v) is 7.27. The Morgan fingerprint density at radius 1 is 1.48 bits per heavy atom. The maximum Gasteiger partial charge on any atom is 0.245 e. The average molecular weight is 289 g/mol. The molecule has 2 fully saturated rings. The van der Waals surface area contributed by atoms with Gasteiger partial charge >= 0.3 is 0 Å². The summed E-state index contributed by atoms with van der Waals surface area (Å²) in [7, 11) is 0. The van der Waals surface area contributed by atoms with Gasteiger partial charge in [-0.3, -0.25) is 9.59 Å². The fourth-order valence-electron chi connectivity index (χ4n) is 2.52. The van der Waals surface area contributed by atoms with Crippen LogP contribution in [0.4, 0.5) is 0 Å². The monoisotopic (exact) mass is 289 g/mol. The van der Waals surface area contributed by atoms with Gasteiger partial charge in [0, 0.05) is 18.7 Å². The lowest BCUT2D eigenvalue weighted by atomic mass is 10.1. The summed E-state index contributed by atoms with van der Waals surface area (Å²) in [5.74, 6) is 0.737. The van der Waals surface area contributed by atoms with Gasteiger partial charge in [0.05, 0.1) is 18.7 Å². The van der Waals surface area contributed by atoms with Crippen molar-refractivity contribution in [1.82, 2.24) is 10.3 Å². The van der Waals surface area contributed by atoms with E-state index in [4.69, 9.17) is 4.42 Å². The van der Waals surface area contributed by atoms with Crippen molar-refractivity contribution < 1.29 is 14.0 Å². The number of nitrogens with zero attached hydrogens (tertiary/aromatic N) is 2. The van der Waals surface area contributed by atoms with Gasteiger partial charge < -0.3 is 9.32 Å². The van der Waals surface area contributed by atoms with Gasteiger partial charge in [-0.05, 0) is 37.8 Å². The zero-order valence-electron chi connectivity index (χ0n) is 12.0. The second-order valence-electron chi connectivity index (χ2n) is 5.76. The molecule has 1 N–H and O–H groups in total. The number of nitrogens with one attached hydrogen (secondary N) is 1. The third-order valence-electron chi connectivity index (χ3n) is 4.02. The molecule has 1 saturated carbocycles. The quantitative estimate of drug-likeness (QED) is 0.660. The predicted molar refractivity (Wildman–Crippen MR) is 76.2 cm³/mol. The van der Waals surface area contributed by atoms with Crippen molar-refractivity contribution in [1.29, 1.82) is 0 Å². The first-order valence-electron chi connectivity index (χ1n) is 7.27. The summed E-state index contributed by atoms with van der Waals surface area (Å²) in [6.07, 6.45) is 4.13. The van der Waals surface area contributed by atoms with Crippen molar-refractivity contribution in [2.75, 3.05) is 6.54 Å². The minimum Gasteiger partial charge on any atom is -0.467 e. The van der Waals surface area contributed by atoms with Crippen molar-refractivity contribution in [3.63, 3.8) is 0 Å². The molecule has 1 aliphatic heterocycles. The number of carbonyl (C=O) groups is 2. The van der Waals surface area contributed by atoms with E-state index in [2.05, 4.69) is 10.5 Å². The highest BCUT2D eigenvalue weighted by molar-refractivity contribution is 5.91. The molecule has 6 heteroatoms. The molecule has 0 bridgehead atoms. The van der Waals surface area contributed by atoms with E-state index in [0.29, 0.717) is 19.0 Å². The highest BCUT2D eigenvalue weighted by atomic mass is 16.3. The fourth-order valence-corrected chi connectivity index (χ4v) is 2.52. The van der Waals surface area contributed by atoms with Gasteiger partial charge in [-0.15, -0.1) is 0 Å². The second-order valence-corrected chi connectivity index (χ2v) is 5.76. The molecule has 2 heterocycles. The number of rotatable bonds is 5. The van der Waals surface area contributed by atoms with Crippen LogP contribution >= 0.6 is 0 Å². The fraction of sp³-hybridized carbons (Fsp3) is 0.533. The Kier molecular flexibility index (Phi) is 3.77. The van der Waals surface area contributed by atoms with Crippen LogP contribution in [0.5, 0.6) is 0 Å². The largest absolute Gasteiger partial charge is 0.467 e. The number of carbonyl (C=O) groups excluding carboxylic acids is 2. The van der Waals surface area contributed by atoms with Crippen LogP contribution in [0.2, 0.25) is 0 Å². The van der Waals surface area contributed by atoms with E-state index in [9.17, 15) is 9.59 Å². The highest BCUT2D eigenvalue weighted by Crippen LogP contribution is 2.30. The van der Waals surface area contributed by atoms with Crippen molar-refractivity contribution in [3.8, 4) is 0 Å². The molecule has 6 nitrogen and oxygen atoms in total. The van der Waals surface area contributed by atoms with E-state index in [1.54, 1.807) is 17.2 Å². The summed E-state index contributed by atoms with van der Waals surface area (Å²) >= 11 is 0. The normalized spacial score (nSPS) is 22.7. The summed E-state index contributed by atoms with van der Waals surface area (Å²) in [6, 6.07) is 3.61. The van der Waals surface area contributed by atoms with Gasteiger partial charge in [0.2, 0.25) is 11.8 Å². The third kappa shape index (κ3) is 3.32. The number of furan rings is 1. The zero-order chi connectivity index (χ0) is 14.8. The molecule has 3 rings (SSSR count). The van der Waals surface area contributed by atoms with Crippen molar-refractivity contribution >= 4 is 17.5 Å². The Hall–Kier alpha value is -2.11. The third-order valence-corrected chi connectivity index (χ3v) is 4.02. The molecule has 1 aromatic rings. The molecule has 1 aromatic heterocycles. The lowest BCUT2D eigenvalue weighted by Gasteiger charge is -2.14. The summed E-state index contributed by atoms with van der Waals surface area (Å²) in [6.45, 7) is 2.77. The smallest absolute Gasteiger partial charge is 0.245 e. The van der Waals surface area contributed by atoms with E-state index in [1.165, 1.54) is 0 Å². The predicted octanol–water partition coefficient (Wildman–Crippen LogP) is 1.53. The van der Waals surface area contributed by atoms with Gasteiger partial charge in [-0.25, -0.2) is 5.43 Å². The number of likely N-dealkylation sites (tertiary alicyclic amines) is 1. The molecule has 0 aromatic carbocycles. The summed E-state index contributed by atoms with van der Waals surface area (Å²) < 4.78 is 5.24. The van der Waals surface area contributed by atoms with Gasteiger partial charge in [0.15, 0.2) is 0 Å². The van der Waals surface area contributed by atoms with Gasteiger partial charge in [-0.2, -0.15) is 5.10 Å². The van der Waals surface area contributed by atoms with Crippen LogP contribution < -0.4 is 5.43 Å². The van der Waals surface area contributed by atoms with E-state index in [-0.39, 0.29) is 24.2 Å². The summed E-state index contributed by atoms with van der Waals surface area (Å²) in [5.41, 5.74) is 3.56. The Morgan fingerprint density at radius 2 is 2.29 bits per heavy atom. The number of amides is 2. The Balaban J connectivity index is 1.53. The minimum absolute atomic E-state index is 0.0190. The molecule has 1 saturated heterocycles.